The molecule has 1 aromatic heterocycles. The molecule has 0 atom stereocenters. The van der Waals surface area contributed by atoms with Gasteiger partial charge < -0.3 is 16.2 Å². The van der Waals surface area contributed by atoms with Gasteiger partial charge in [-0.3, -0.25) is 4.79 Å². The molecule has 136 valence electrons. The predicted molar refractivity (Wildman–Crippen MR) is 102 cm³/mol. The van der Waals surface area contributed by atoms with Crippen molar-refractivity contribution < 1.29 is 9.90 Å². The van der Waals surface area contributed by atoms with Gasteiger partial charge in [0.25, 0.3) is 0 Å². The molecule has 0 unspecified atom stereocenters. The van der Waals surface area contributed by atoms with Crippen LogP contribution in [0.15, 0.2) is 60.1 Å². The lowest BCUT2D eigenvalue weighted by Crippen LogP contribution is -2.34. The Morgan fingerprint density at radius 1 is 1.35 bits per heavy atom. The highest BCUT2D eigenvalue weighted by Crippen LogP contribution is 2.25. The molecule has 1 fully saturated rings. The van der Waals surface area contributed by atoms with Crippen LogP contribution in [0.4, 0.5) is 0 Å². The zero-order chi connectivity index (χ0) is 18.5. The summed E-state index contributed by atoms with van der Waals surface area (Å²) in [7, 11) is 0. The molecule has 0 saturated heterocycles. The highest BCUT2D eigenvalue weighted by molar-refractivity contribution is 6.00. The smallest absolute Gasteiger partial charge is 0.306 e. The Bertz CT molecular complexity index is 860. The van der Waals surface area contributed by atoms with Crippen molar-refractivity contribution in [3.63, 3.8) is 0 Å². The number of aliphatic carboxylic acids is 1. The molecule has 1 heterocycles. The van der Waals surface area contributed by atoms with E-state index in [1.54, 1.807) is 17.0 Å². The Hall–Kier alpha value is -3.09. The van der Waals surface area contributed by atoms with Crippen LogP contribution in [0.1, 0.15) is 25.7 Å². The number of carbonyl (C=O) groups is 1. The third-order valence-corrected chi connectivity index (χ3v) is 4.64. The molecule has 4 N–H and O–H groups in total. The van der Waals surface area contributed by atoms with Gasteiger partial charge in [0.15, 0.2) is 5.84 Å². The van der Waals surface area contributed by atoms with Gasteiger partial charge in [-0.2, -0.15) is 5.10 Å². The topological polar surface area (TPSA) is 106 Å². The SMILES string of the molecule is C=C(/N=C(\C=C/N)n1ncc2ccccc21)N[C@H]1CC[C@H](C(=O)O)CC1. The van der Waals surface area contributed by atoms with E-state index in [9.17, 15) is 4.79 Å². The number of carboxylic acid groups (broad SMARTS) is 1. The second-order valence-electron chi connectivity index (χ2n) is 6.42. The molecule has 0 spiro atoms. The predicted octanol–water partition coefficient (Wildman–Crippen LogP) is 2.46. The van der Waals surface area contributed by atoms with Crippen LogP contribution in [0, 0.1) is 5.92 Å². The van der Waals surface area contributed by atoms with Crippen LogP contribution in [0.2, 0.25) is 0 Å². The molecule has 7 nitrogen and oxygen atoms in total. The number of carboxylic acids is 1. The maximum atomic E-state index is 11.1. The van der Waals surface area contributed by atoms with Gasteiger partial charge in [0.1, 0.15) is 5.82 Å². The Morgan fingerprint density at radius 3 is 2.77 bits per heavy atom. The Morgan fingerprint density at radius 2 is 2.08 bits per heavy atom. The van der Waals surface area contributed by atoms with E-state index in [2.05, 4.69) is 22.0 Å². The Labute approximate surface area is 151 Å². The van der Waals surface area contributed by atoms with Crippen LogP contribution in [-0.2, 0) is 4.79 Å². The third-order valence-electron chi connectivity index (χ3n) is 4.64. The maximum absolute atomic E-state index is 11.1. The molecule has 1 aromatic carbocycles. The summed E-state index contributed by atoms with van der Waals surface area (Å²) in [6.45, 7) is 3.98. The van der Waals surface area contributed by atoms with Crippen LogP contribution < -0.4 is 11.1 Å². The monoisotopic (exact) mass is 353 g/mol. The number of hydrogen-bond acceptors (Lipinski definition) is 5. The van der Waals surface area contributed by atoms with Crippen molar-refractivity contribution in [3.05, 3.63) is 55.1 Å². The van der Waals surface area contributed by atoms with Gasteiger partial charge >= 0.3 is 5.97 Å². The maximum Gasteiger partial charge on any atom is 0.306 e. The third kappa shape index (κ3) is 3.93. The molecule has 2 aromatic rings. The summed E-state index contributed by atoms with van der Waals surface area (Å²) in [5.74, 6) is 0.124. The van der Waals surface area contributed by atoms with E-state index in [0.29, 0.717) is 24.5 Å². The van der Waals surface area contributed by atoms with Crippen molar-refractivity contribution in [1.82, 2.24) is 15.1 Å². The molecule has 1 saturated carbocycles. The van der Waals surface area contributed by atoms with Gasteiger partial charge in [-0.05, 0) is 44.0 Å². The molecule has 0 aliphatic heterocycles. The van der Waals surface area contributed by atoms with E-state index >= 15 is 0 Å². The molecule has 26 heavy (non-hydrogen) atoms. The summed E-state index contributed by atoms with van der Waals surface area (Å²) < 4.78 is 1.72. The van der Waals surface area contributed by atoms with Gasteiger partial charge in [0, 0.05) is 11.4 Å². The second kappa shape index (κ2) is 7.86. The van der Waals surface area contributed by atoms with E-state index in [1.165, 1.54) is 6.20 Å². The normalized spacial score (nSPS) is 21.2. The molecule has 0 amide bonds. The fourth-order valence-corrected chi connectivity index (χ4v) is 3.29. The quantitative estimate of drug-likeness (QED) is 0.566. The standard InChI is InChI=1S/C19H23N5O2/c1-13(22-16-8-6-14(7-9-16)19(25)26)23-18(10-11-20)24-17-5-3-2-4-15(17)12-21-24/h2-5,10-12,14,16,22H,1,6-9,20H2,(H,25,26)/b11-10-,23-18+/t14-,16-. The van der Waals surface area contributed by atoms with Crippen LogP contribution in [0.3, 0.4) is 0 Å². The summed E-state index contributed by atoms with van der Waals surface area (Å²) in [6.07, 6.45) is 7.79. The first kappa shape index (κ1) is 17.7. The summed E-state index contributed by atoms with van der Waals surface area (Å²) in [5, 5.41) is 17.8. The van der Waals surface area contributed by atoms with E-state index in [4.69, 9.17) is 10.8 Å². The van der Waals surface area contributed by atoms with Crippen molar-refractivity contribution in [2.45, 2.75) is 31.7 Å². The number of nitrogens with zero attached hydrogens (tertiary/aromatic N) is 3. The minimum absolute atomic E-state index is 0.180. The van der Waals surface area contributed by atoms with Crippen molar-refractivity contribution in [1.29, 1.82) is 0 Å². The summed E-state index contributed by atoms with van der Waals surface area (Å²) in [4.78, 5) is 15.6. The molecule has 1 aliphatic rings. The van der Waals surface area contributed by atoms with Crippen LogP contribution in [0.5, 0.6) is 0 Å². The van der Waals surface area contributed by atoms with E-state index in [-0.39, 0.29) is 12.0 Å². The van der Waals surface area contributed by atoms with Crippen LogP contribution in [-0.4, -0.2) is 32.7 Å². The number of para-hydroxylation sites is 1. The number of nitrogens with two attached hydrogens (primary N) is 1. The zero-order valence-corrected chi connectivity index (χ0v) is 14.5. The molecule has 0 radical (unpaired) electrons. The molecular weight excluding hydrogens is 330 g/mol. The summed E-state index contributed by atoms with van der Waals surface area (Å²) >= 11 is 0. The Kier molecular flexibility index (Phi) is 5.36. The molecule has 0 bridgehead atoms. The first-order chi connectivity index (χ1) is 12.6. The minimum atomic E-state index is -0.707. The summed E-state index contributed by atoms with van der Waals surface area (Å²) in [5.41, 5.74) is 6.50. The lowest BCUT2D eigenvalue weighted by molar-refractivity contribution is -0.142. The van der Waals surface area contributed by atoms with Gasteiger partial charge in [-0.1, -0.05) is 24.8 Å². The van der Waals surface area contributed by atoms with E-state index in [0.717, 1.165) is 23.7 Å². The number of aliphatic imine (C=N–C) groups is 1. The van der Waals surface area contributed by atoms with Gasteiger partial charge in [0.05, 0.1) is 17.6 Å². The van der Waals surface area contributed by atoms with Crippen molar-refractivity contribution in [2.24, 2.45) is 16.6 Å². The lowest BCUT2D eigenvalue weighted by Gasteiger charge is -2.27. The number of benzene rings is 1. The zero-order valence-electron chi connectivity index (χ0n) is 14.5. The van der Waals surface area contributed by atoms with Gasteiger partial charge in [-0.15, -0.1) is 0 Å². The number of allylic oxidation sites excluding steroid dienone is 1. The first-order valence-corrected chi connectivity index (χ1v) is 8.67. The summed E-state index contributed by atoms with van der Waals surface area (Å²) in [6, 6.07) is 8.03. The van der Waals surface area contributed by atoms with Gasteiger partial charge in [-0.25, -0.2) is 9.67 Å². The minimum Gasteiger partial charge on any atom is -0.481 e. The van der Waals surface area contributed by atoms with E-state index in [1.807, 2.05) is 24.3 Å². The molecule has 1 aliphatic carbocycles. The molecule has 3 rings (SSSR count). The fraction of sp³-hybridized carbons (Fsp3) is 0.316. The number of aromatic nitrogens is 2. The largest absolute Gasteiger partial charge is 0.481 e. The average Bonchev–Trinajstić information content (AvgIpc) is 3.06. The van der Waals surface area contributed by atoms with Crippen LogP contribution >= 0.6 is 0 Å². The first-order valence-electron chi connectivity index (χ1n) is 8.67. The van der Waals surface area contributed by atoms with Crippen molar-refractivity contribution >= 4 is 22.7 Å². The highest BCUT2D eigenvalue weighted by atomic mass is 16.4. The van der Waals surface area contributed by atoms with E-state index < -0.39 is 5.97 Å². The van der Waals surface area contributed by atoms with Crippen molar-refractivity contribution in [3.8, 4) is 0 Å². The Balaban J connectivity index is 1.73. The fourth-order valence-electron chi connectivity index (χ4n) is 3.29. The second-order valence-corrected chi connectivity index (χ2v) is 6.42. The number of rotatable bonds is 5. The number of fused-ring (bicyclic) bond motifs is 1. The lowest BCUT2D eigenvalue weighted by atomic mass is 9.86. The van der Waals surface area contributed by atoms with Crippen LogP contribution in [0.25, 0.3) is 10.9 Å². The number of nitrogens with one attached hydrogen (secondary N) is 1. The molecular formula is C19H23N5O2. The van der Waals surface area contributed by atoms with Crippen molar-refractivity contribution in [2.75, 3.05) is 0 Å². The van der Waals surface area contributed by atoms with Gasteiger partial charge in [0.2, 0.25) is 0 Å². The average molecular weight is 353 g/mol. The number of hydrogen-bond donors (Lipinski definition) is 3. The highest BCUT2D eigenvalue weighted by Gasteiger charge is 2.25. The molecule has 7 heteroatoms.